The molecule has 1 aromatic heterocycles. The highest BCUT2D eigenvalue weighted by molar-refractivity contribution is 5.88. The monoisotopic (exact) mass is 280 g/mol. The summed E-state index contributed by atoms with van der Waals surface area (Å²) in [5.41, 5.74) is 2.46. The largest absolute Gasteiger partial charge is 0.507 e. The maximum absolute atomic E-state index is 12.8. The van der Waals surface area contributed by atoms with Crippen molar-refractivity contribution in [3.63, 3.8) is 0 Å². The Morgan fingerprint density at radius 2 is 1.86 bits per heavy atom. The second-order valence-electron chi connectivity index (χ2n) is 5.11. The Labute approximate surface area is 122 Å². The van der Waals surface area contributed by atoms with Crippen molar-refractivity contribution in [2.75, 3.05) is 0 Å². The molecule has 0 radical (unpaired) electrons. The molecule has 0 bridgehead atoms. The van der Waals surface area contributed by atoms with Gasteiger partial charge in [-0.15, -0.1) is 0 Å². The molecule has 106 valence electrons. The predicted octanol–water partition coefficient (Wildman–Crippen LogP) is 4.04. The number of fused-ring (bicyclic) bond motifs is 1. The van der Waals surface area contributed by atoms with Gasteiger partial charge in [0, 0.05) is 6.42 Å². The topological polar surface area (TPSA) is 50.4 Å². The van der Waals surface area contributed by atoms with Gasteiger partial charge in [-0.25, -0.2) is 0 Å². The molecule has 1 heterocycles. The van der Waals surface area contributed by atoms with Crippen molar-refractivity contribution >= 4 is 11.0 Å². The molecule has 0 fully saturated rings. The third-order valence-corrected chi connectivity index (χ3v) is 3.58. The van der Waals surface area contributed by atoms with Gasteiger partial charge in [0.15, 0.2) is 0 Å². The Bertz CT molecular complexity index is 861. The Kier molecular flexibility index (Phi) is 3.26. The summed E-state index contributed by atoms with van der Waals surface area (Å²) >= 11 is 0. The second kappa shape index (κ2) is 5.09. The zero-order chi connectivity index (χ0) is 15.0. The highest BCUT2D eigenvalue weighted by atomic mass is 16.3. The van der Waals surface area contributed by atoms with Gasteiger partial charge < -0.3 is 9.52 Å². The minimum Gasteiger partial charge on any atom is -0.507 e. The van der Waals surface area contributed by atoms with Crippen LogP contribution in [0.15, 0.2) is 51.7 Å². The predicted molar refractivity (Wildman–Crippen MR) is 83.7 cm³/mol. The third-order valence-electron chi connectivity index (χ3n) is 3.58. The van der Waals surface area contributed by atoms with Crippen molar-refractivity contribution in [1.82, 2.24) is 0 Å². The van der Waals surface area contributed by atoms with E-state index in [0.29, 0.717) is 23.3 Å². The van der Waals surface area contributed by atoms with E-state index in [4.69, 9.17) is 4.42 Å². The SMILES string of the molecule is CCc1oc2cc(C)cc(O)c2c(=O)c1-c1ccccc1. The van der Waals surface area contributed by atoms with Gasteiger partial charge in [-0.2, -0.15) is 0 Å². The van der Waals surface area contributed by atoms with E-state index in [1.807, 2.05) is 44.2 Å². The van der Waals surface area contributed by atoms with Crippen LogP contribution in [0.4, 0.5) is 0 Å². The van der Waals surface area contributed by atoms with Gasteiger partial charge in [0.25, 0.3) is 0 Å². The molecule has 0 amide bonds. The van der Waals surface area contributed by atoms with Gasteiger partial charge in [0.1, 0.15) is 22.5 Å². The lowest BCUT2D eigenvalue weighted by atomic mass is 10.00. The van der Waals surface area contributed by atoms with Gasteiger partial charge in [0.2, 0.25) is 5.43 Å². The van der Waals surface area contributed by atoms with E-state index in [1.165, 1.54) is 0 Å². The van der Waals surface area contributed by atoms with Crippen LogP contribution in [0.3, 0.4) is 0 Å². The first kappa shape index (κ1) is 13.4. The standard InChI is InChI=1S/C18H16O3/c1-3-14-16(12-7-5-4-6-8-12)18(20)17-13(19)9-11(2)10-15(17)21-14/h4-10,19H,3H2,1-2H3. The summed E-state index contributed by atoms with van der Waals surface area (Å²) < 4.78 is 5.88. The van der Waals surface area contributed by atoms with Gasteiger partial charge in [-0.05, 0) is 30.2 Å². The molecule has 2 aromatic carbocycles. The van der Waals surface area contributed by atoms with Crippen molar-refractivity contribution in [3.05, 3.63) is 64.0 Å². The molecule has 0 spiro atoms. The zero-order valence-electron chi connectivity index (χ0n) is 12.0. The number of rotatable bonds is 2. The molecular formula is C18H16O3. The average Bonchev–Trinajstić information content (AvgIpc) is 2.46. The lowest BCUT2D eigenvalue weighted by Crippen LogP contribution is -2.09. The number of hydrogen-bond donors (Lipinski definition) is 1. The van der Waals surface area contributed by atoms with Gasteiger partial charge in [-0.3, -0.25) is 4.79 Å². The van der Waals surface area contributed by atoms with Crippen LogP contribution in [-0.4, -0.2) is 5.11 Å². The highest BCUT2D eigenvalue weighted by Crippen LogP contribution is 2.29. The first-order valence-electron chi connectivity index (χ1n) is 6.96. The van der Waals surface area contributed by atoms with Crippen molar-refractivity contribution in [3.8, 4) is 16.9 Å². The quantitative estimate of drug-likeness (QED) is 0.770. The van der Waals surface area contributed by atoms with Crippen molar-refractivity contribution in [2.45, 2.75) is 20.3 Å². The molecule has 0 aliphatic rings. The molecule has 0 saturated carbocycles. The van der Waals surface area contributed by atoms with Crippen LogP contribution in [0, 0.1) is 6.92 Å². The van der Waals surface area contributed by atoms with Crippen LogP contribution in [0.5, 0.6) is 5.75 Å². The number of hydrogen-bond acceptors (Lipinski definition) is 3. The van der Waals surface area contributed by atoms with Gasteiger partial charge >= 0.3 is 0 Å². The molecule has 21 heavy (non-hydrogen) atoms. The van der Waals surface area contributed by atoms with E-state index in [9.17, 15) is 9.90 Å². The molecule has 0 saturated heterocycles. The Balaban J connectivity index is 2.45. The summed E-state index contributed by atoms with van der Waals surface area (Å²) in [6.45, 7) is 3.81. The summed E-state index contributed by atoms with van der Waals surface area (Å²) in [6, 6.07) is 12.8. The van der Waals surface area contributed by atoms with Crippen LogP contribution in [0.1, 0.15) is 18.2 Å². The molecular weight excluding hydrogens is 264 g/mol. The first-order valence-corrected chi connectivity index (χ1v) is 6.96. The summed E-state index contributed by atoms with van der Waals surface area (Å²) in [6.07, 6.45) is 0.615. The Morgan fingerprint density at radius 3 is 2.52 bits per heavy atom. The second-order valence-corrected chi connectivity index (χ2v) is 5.11. The summed E-state index contributed by atoms with van der Waals surface area (Å²) in [5.74, 6) is 0.613. The fraction of sp³-hybridized carbons (Fsp3) is 0.167. The van der Waals surface area contributed by atoms with Crippen molar-refractivity contribution in [2.24, 2.45) is 0 Å². The third kappa shape index (κ3) is 2.21. The van der Waals surface area contributed by atoms with Gasteiger partial charge in [0.05, 0.1) is 5.56 Å². The minimum absolute atomic E-state index is 0.0291. The number of aromatic hydroxyl groups is 1. The van der Waals surface area contributed by atoms with Crippen LogP contribution in [-0.2, 0) is 6.42 Å². The van der Waals surface area contributed by atoms with Crippen LogP contribution in [0.2, 0.25) is 0 Å². The maximum Gasteiger partial charge on any atom is 0.204 e. The van der Waals surface area contributed by atoms with Crippen LogP contribution < -0.4 is 5.43 Å². The minimum atomic E-state index is -0.184. The fourth-order valence-corrected chi connectivity index (χ4v) is 2.62. The molecule has 0 aliphatic carbocycles. The molecule has 3 heteroatoms. The summed E-state index contributed by atoms with van der Waals surface area (Å²) in [5, 5.41) is 10.4. The van der Waals surface area contributed by atoms with Crippen LogP contribution in [0.25, 0.3) is 22.1 Å². The van der Waals surface area contributed by atoms with E-state index in [2.05, 4.69) is 0 Å². The summed E-state index contributed by atoms with van der Waals surface area (Å²) in [4.78, 5) is 12.8. The molecule has 0 unspecified atom stereocenters. The van der Waals surface area contributed by atoms with E-state index in [1.54, 1.807) is 12.1 Å². The molecule has 0 aliphatic heterocycles. The zero-order valence-corrected chi connectivity index (χ0v) is 12.0. The van der Waals surface area contributed by atoms with Crippen molar-refractivity contribution < 1.29 is 9.52 Å². The average molecular weight is 280 g/mol. The summed E-state index contributed by atoms with van der Waals surface area (Å²) in [7, 11) is 0. The van der Waals surface area contributed by atoms with E-state index >= 15 is 0 Å². The molecule has 0 atom stereocenters. The smallest absolute Gasteiger partial charge is 0.204 e. The first-order chi connectivity index (χ1) is 10.1. The lowest BCUT2D eigenvalue weighted by Gasteiger charge is -2.10. The molecule has 3 rings (SSSR count). The molecule has 3 nitrogen and oxygen atoms in total. The van der Waals surface area contributed by atoms with Crippen LogP contribution >= 0.6 is 0 Å². The Hall–Kier alpha value is -2.55. The lowest BCUT2D eigenvalue weighted by molar-refractivity contribution is 0.477. The number of phenolic OH excluding ortho intramolecular Hbond substituents is 1. The number of aryl methyl sites for hydroxylation is 2. The normalized spacial score (nSPS) is 11.0. The Morgan fingerprint density at radius 1 is 1.14 bits per heavy atom. The maximum atomic E-state index is 12.8. The number of benzene rings is 2. The van der Waals surface area contributed by atoms with E-state index < -0.39 is 0 Å². The van der Waals surface area contributed by atoms with Crippen molar-refractivity contribution in [1.29, 1.82) is 0 Å². The van der Waals surface area contributed by atoms with E-state index in [0.717, 1.165) is 11.1 Å². The molecule has 1 N–H and O–H groups in total. The fourth-order valence-electron chi connectivity index (χ4n) is 2.62. The molecule has 3 aromatic rings. The van der Waals surface area contributed by atoms with Gasteiger partial charge in [-0.1, -0.05) is 37.3 Å². The highest BCUT2D eigenvalue weighted by Gasteiger charge is 2.17. The number of phenols is 1. The van der Waals surface area contributed by atoms with E-state index in [-0.39, 0.29) is 16.6 Å².